The molecule has 2 N–H and O–H groups in total. The highest BCUT2D eigenvalue weighted by Gasteiger charge is 2.20. The smallest absolute Gasteiger partial charge is 0.0893 e. The van der Waals surface area contributed by atoms with Crippen LogP contribution in [0.2, 0.25) is 0 Å². The number of H-pyrrole nitrogens is 1. The minimum absolute atomic E-state index is 0.435. The van der Waals surface area contributed by atoms with Crippen LogP contribution in [-0.2, 0) is 0 Å². The van der Waals surface area contributed by atoms with E-state index in [0.717, 1.165) is 24.1 Å². The molecule has 0 bridgehead atoms. The van der Waals surface area contributed by atoms with E-state index in [2.05, 4.69) is 70.5 Å². The lowest BCUT2D eigenvalue weighted by Crippen LogP contribution is -2.26. The first-order valence-electron chi connectivity index (χ1n) is 10.3. The minimum atomic E-state index is 0.435. The summed E-state index contributed by atoms with van der Waals surface area (Å²) in [6.07, 6.45) is 5.95. The van der Waals surface area contributed by atoms with Crippen LogP contribution in [0.1, 0.15) is 49.7 Å². The quantitative estimate of drug-likeness (QED) is 0.510. The first-order chi connectivity index (χ1) is 13.7. The zero-order valence-corrected chi connectivity index (χ0v) is 16.5. The number of rotatable bonds is 3. The summed E-state index contributed by atoms with van der Waals surface area (Å²) in [5.41, 5.74) is 8.34. The number of hydrogen-bond donors (Lipinski definition) is 2. The molecule has 1 aliphatic rings. The van der Waals surface area contributed by atoms with Gasteiger partial charge < -0.3 is 10.3 Å². The third kappa shape index (κ3) is 2.98. The molecule has 0 atom stereocenters. The third-order valence-electron chi connectivity index (χ3n) is 6.01. The zero-order valence-electron chi connectivity index (χ0n) is 16.5. The predicted octanol–water partition coefficient (Wildman–Crippen LogP) is 5.37. The molecule has 2 aromatic carbocycles. The highest BCUT2D eigenvalue weighted by molar-refractivity contribution is 5.93. The van der Waals surface area contributed by atoms with Crippen LogP contribution in [0.3, 0.4) is 0 Å². The molecule has 4 nitrogen and oxygen atoms in total. The summed E-state index contributed by atoms with van der Waals surface area (Å²) >= 11 is 0. The van der Waals surface area contributed by atoms with Crippen molar-refractivity contribution in [2.24, 2.45) is 0 Å². The lowest BCUT2D eigenvalue weighted by atomic mass is 9.88. The summed E-state index contributed by atoms with van der Waals surface area (Å²) in [5, 5.41) is 4.84. The molecule has 1 saturated heterocycles. The Morgan fingerprint density at radius 1 is 0.929 bits per heavy atom. The van der Waals surface area contributed by atoms with Crippen molar-refractivity contribution in [1.82, 2.24) is 20.3 Å². The van der Waals surface area contributed by atoms with E-state index in [9.17, 15) is 0 Å². The second-order valence-corrected chi connectivity index (χ2v) is 8.16. The van der Waals surface area contributed by atoms with Crippen LogP contribution < -0.4 is 5.32 Å². The summed E-state index contributed by atoms with van der Waals surface area (Å²) in [4.78, 5) is 12.6. The lowest BCUT2D eigenvalue weighted by molar-refractivity contribution is 0.460. The molecule has 142 valence electrons. The summed E-state index contributed by atoms with van der Waals surface area (Å²) < 4.78 is 0. The molecule has 0 amide bonds. The van der Waals surface area contributed by atoms with Crippen LogP contribution >= 0.6 is 0 Å². The number of aromatic amines is 1. The standard InChI is InChI=1S/C24H26N4/c1-15(2)23-19-13-17(16-7-9-25-10-8-16)3-5-20(19)28-24(23)18-4-6-21-22(14-18)27-12-11-26-21/h3-6,11-16,25,28H,7-10H2,1-2H3. The van der Waals surface area contributed by atoms with E-state index >= 15 is 0 Å². The van der Waals surface area contributed by atoms with Crippen molar-refractivity contribution >= 4 is 21.9 Å². The van der Waals surface area contributed by atoms with Crippen molar-refractivity contribution in [3.05, 3.63) is 59.9 Å². The normalized spacial score (nSPS) is 15.7. The van der Waals surface area contributed by atoms with Gasteiger partial charge in [0.15, 0.2) is 0 Å². The maximum atomic E-state index is 4.49. The summed E-state index contributed by atoms with van der Waals surface area (Å²) in [5.74, 6) is 1.10. The van der Waals surface area contributed by atoms with E-state index in [1.54, 1.807) is 12.4 Å². The number of hydrogen-bond acceptors (Lipinski definition) is 3. The monoisotopic (exact) mass is 370 g/mol. The Balaban J connectivity index is 1.66. The number of benzene rings is 2. The van der Waals surface area contributed by atoms with Crippen LogP contribution in [0.4, 0.5) is 0 Å². The summed E-state index contributed by atoms with van der Waals surface area (Å²) in [6.45, 7) is 6.81. The van der Waals surface area contributed by atoms with Crippen LogP contribution in [0.5, 0.6) is 0 Å². The average molecular weight is 371 g/mol. The summed E-state index contributed by atoms with van der Waals surface area (Å²) in [6, 6.07) is 13.4. The maximum Gasteiger partial charge on any atom is 0.0893 e. The Kier molecular flexibility index (Phi) is 4.36. The van der Waals surface area contributed by atoms with Crippen LogP contribution in [0.15, 0.2) is 48.8 Å². The number of nitrogens with one attached hydrogen (secondary N) is 2. The third-order valence-corrected chi connectivity index (χ3v) is 6.01. The van der Waals surface area contributed by atoms with Gasteiger partial charge in [-0.15, -0.1) is 0 Å². The van der Waals surface area contributed by atoms with E-state index in [4.69, 9.17) is 0 Å². The van der Waals surface area contributed by atoms with Gasteiger partial charge in [-0.05, 0) is 73.2 Å². The molecule has 1 aliphatic heterocycles. The first-order valence-corrected chi connectivity index (χ1v) is 10.3. The Hall–Kier alpha value is -2.72. The Labute approximate surface area is 165 Å². The van der Waals surface area contributed by atoms with Crippen molar-refractivity contribution in [3.63, 3.8) is 0 Å². The largest absolute Gasteiger partial charge is 0.354 e. The van der Waals surface area contributed by atoms with Crippen LogP contribution in [-0.4, -0.2) is 28.0 Å². The number of piperidine rings is 1. The van der Waals surface area contributed by atoms with Gasteiger partial charge in [0.05, 0.1) is 16.7 Å². The second kappa shape index (κ2) is 7.02. The molecule has 0 saturated carbocycles. The molecule has 28 heavy (non-hydrogen) atoms. The number of aromatic nitrogens is 3. The fourth-order valence-corrected chi connectivity index (χ4v) is 4.59. The SMILES string of the molecule is CC(C)c1c(-c2ccc3nccnc3c2)[nH]c2ccc(C3CCNCC3)cc12. The molecule has 0 aliphatic carbocycles. The van der Waals surface area contributed by atoms with Gasteiger partial charge in [0.1, 0.15) is 0 Å². The van der Waals surface area contributed by atoms with Gasteiger partial charge in [-0.3, -0.25) is 9.97 Å². The topological polar surface area (TPSA) is 53.6 Å². The Morgan fingerprint density at radius 3 is 2.50 bits per heavy atom. The molecule has 3 heterocycles. The van der Waals surface area contributed by atoms with E-state index in [-0.39, 0.29) is 0 Å². The maximum absolute atomic E-state index is 4.49. The lowest BCUT2D eigenvalue weighted by Gasteiger charge is -2.23. The Morgan fingerprint density at radius 2 is 1.71 bits per heavy atom. The molecule has 2 aromatic heterocycles. The van der Waals surface area contributed by atoms with Gasteiger partial charge >= 0.3 is 0 Å². The molecule has 5 rings (SSSR count). The van der Waals surface area contributed by atoms with E-state index in [1.807, 2.05) is 0 Å². The minimum Gasteiger partial charge on any atom is -0.354 e. The first kappa shape index (κ1) is 17.4. The molecule has 0 unspecified atom stereocenters. The number of nitrogens with zero attached hydrogens (tertiary/aromatic N) is 2. The predicted molar refractivity (Wildman–Crippen MR) is 116 cm³/mol. The molecule has 0 radical (unpaired) electrons. The van der Waals surface area contributed by atoms with Gasteiger partial charge in [-0.2, -0.15) is 0 Å². The van der Waals surface area contributed by atoms with E-state index in [0.29, 0.717) is 11.8 Å². The van der Waals surface area contributed by atoms with Crippen molar-refractivity contribution in [1.29, 1.82) is 0 Å². The Bertz CT molecular complexity index is 1140. The molecular formula is C24H26N4. The van der Waals surface area contributed by atoms with Gasteiger partial charge in [0.2, 0.25) is 0 Å². The second-order valence-electron chi connectivity index (χ2n) is 8.16. The van der Waals surface area contributed by atoms with Crippen LogP contribution in [0, 0.1) is 0 Å². The van der Waals surface area contributed by atoms with Gasteiger partial charge in [0.25, 0.3) is 0 Å². The van der Waals surface area contributed by atoms with Crippen molar-refractivity contribution < 1.29 is 0 Å². The highest BCUT2D eigenvalue weighted by atomic mass is 14.9. The van der Waals surface area contributed by atoms with Crippen molar-refractivity contribution in [2.45, 2.75) is 38.5 Å². The van der Waals surface area contributed by atoms with Gasteiger partial charge in [-0.1, -0.05) is 26.0 Å². The van der Waals surface area contributed by atoms with Crippen LogP contribution in [0.25, 0.3) is 33.2 Å². The average Bonchev–Trinajstić information content (AvgIpc) is 3.13. The highest BCUT2D eigenvalue weighted by Crippen LogP contribution is 2.38. The van der Waals surface area contributed by atoms with Gasteiger partial charge in [0, 0.05) is 28.9 Å². The van der Waals surface area contributed by atoms with Gasteiger partial charge in [-0.25, -0.2) is 0 Å². The fraction of sp³-hybridized carbons (Fsp3) is 0.333. The fourth-order valence-electron chi connectivity index (χ4n) is 4.59. The number of fused-ring (bicyclic) bond motifs is 2. The summed E-state index contributed by atoms with van der Waals surface area (Å²) in [7, 11) is 0. The molecule has 4 aromatic rings. The molecule has 4 heteroatoms. The molecule has 1 fully saturated rings. The molecule has 0 spiro atoms. The van der Waals surface area contributed by atoms with Crippen molar-refractivity contribution in [2.75, 3.05) is 13.1 Å². The van der Waals surface area contributed by atoms with Crippen molar-refractivity contribution in [3.8, 4) is 11.3 Å². The van der Waals surface area contributed by atoms with E-state index in [1.165, 1.54) is 46.1 Å². The van der Waals surface area contributed by atoms with E-state index < -0.39 is 0 Å². The zero-order chi connectivity index (χ0) is 19.1. The molecular weight excluding hydrogens is 344 g/mol.